The van der Waals surface area contributed by atoms with Gasteiger partial charge in [0, 0.05) is 15.9 Å². The van der Waals surface area contributed by atoms with Gasteiger partial charge in [-0.1, -0.05) is 43.3 Å². The van der Waals surface area contributed by atoms with E-state index in [1.54, 1.807) is 11.3 Å². The number of hydrogen-bond donors (Lipinski definition) is 1. The number of aromatic amines is 1. The van der Waals surface area contributed by atoms with Crippen molar-refractivity contribution < 1.29 is 0 Å². The minimum atomic E-state index is 1.08. The van der Waals surface area contributed by atoms with E-state index in [0.717, 1.165) is 6.42 Å². The van der Waals surface area contributed by atoms with E-state index in [0.29, 0.717) is 0 Å². The van der Waals surface area contributed by atoms with E-state index in [-0.39, 0.29) is 0 Å². The molecule has 2 heterocycles. The molecule has 2 heteroatoms. The van der Waals surface area contributed by atoms with E-state index in [9.17, 15) is 0 Å². The molecule has 20 heavy (non-hydrogen) atoms. The van der Waals surface area contributed by atoms with Crippen LogP contribution in [-0.2, 0) is 6.42 Å². The van der Waals surface area contributed by atoms with Gasteiger partial charge in [0.15, 0.2) is 0 Å². The van der Waals surface area contributed by atoms with Crippen molar-refractivity contribution in [2.24, 2.45) is 0 Å². The Balaban J connectivity index is 0.000000123. The highest BCUT2D eigenvalue weighted by molar-refractivity contribution is 7.17. The van der Waals surface area contributed by atoms with Crippen LogP contribution in [0.1, 0.15) is 12.6 Å². The van der Waals surface area contributed by atoms with Gasteiger partial charge < -0.3 is 4.98 Å². The summed E-state index contributed by atoms with van der Waals surface area (Å²) >= 11 is 1.79. The van der Waals surface area contributed by atoms with Crippen LogP contribution >= 0.6 is 11.3 Å². The second kappa shape index (κ2) is 5.93. The van der Waals surface area contributed by atoms with Gasteiger partial charge in [-0.2, -0.15) is 0 Å². The number of benzene rings is 2. The largest absolute Gasteiger partial charge is 0.358 e. The fourth-order valence-corrected chi connectivity index (χ4v) is 3.02. The molecule has 4 aromatic rings. The third kappa shape index (κ3) is 2.75. The van der Waals surface area contributed by atoms with Gasteiger partial charge >= 0.3 is 0 Å². The summed E-state index contributed by atoms with van der Waals surface area (Å²) in [4.78, 5) is 3.35. The SMILES string of the molecule is CCc1cc2ccccc2[nH]1.c1ccc2sccc2c1. The minimum absolute atomic E-state index is 1.08. The number of nitrogens with one attached hydrogen (secondary N) is 1. The van der Waals surface area contributed by atoms with Crippen molar-refractivity contribution in [1.29, 1.82) is 0 Å². The summed E-state index contributed by atoms with van der Waals surface area (Å²) < 4.78 is 1.37. The lowest BCUT2D eigenvalue weighted by Crippen LogP contribution is -1.74. The third-order valence-electron chi connectivity index (χ3n) is 3.33. The number of aromatic nitrogens is 1. The van der Waals surface area contributed by atoms with E-state index in [1.807, 2.05) is 0 Å². The quantitative estimate of drug-likeness (QED) is 0.464. The van der Waals surface area contributed by atoms with Crippen molar-refractivity contribution in [2.75, 3.05) is 0 Å². The summed E-state index contributed by atoms with van der Waals surface area (Å²) in [5.41, 5.74) is 2.55. The second-order valence-corrected chi connectivity index (χ2v) is 5.64. The van der Waals surface area contributed by atoms with Gasteiger partial charge in [-0.05, 0) is 46.8 Å². The maximum Gasteiger partial charge on any atom is 0.0456 e. The Morgan fingerprint density at radius 3 is 2.40 bits per heavy atom. The molecule has 2 aromatic carbocycles. The smallest absolute Gasteiger partial charge is 0.0456 e. The first kappa shape index (κ1) is 12.9. The zero-order chi connectivity index (χ0) is 13.8. The summed E-state index contributed by atoms with van der Waals surface area (Å²) in [6.07, 6.45) is 1.08. The fraction of sp³-hybridized carbons (Fsp3) is 0.111. The number of thiophene rings is 1. The molecule has 0 saturated carbocycles. The topological polar surface area (TPSA) is 15.8 Å². The van der Waals surface area contributed by atoms with Crippen LogP contribution in [0, 0.1) is 0 Å². The number of para-hydroxylation sites is 1. The Hall–Kier alpha value is -2.06. The lowest BCUT2D eigenvalue weighted by Gasteiger charge is -1.85. The van der Waals surface area contributed by atoms with E-state index >= 15 is 0 Å². The van der Waals surface area contributed by atoms with Gasteiger partial charge in [-0.25, -0.2) is 0 Å². The average Bonchev–Trinajstić information content (AvgIpc) is 3.13. The first-order chi connectivity index (χ1) is 9.86. The summed E-state index contributed by atoms with van der Waals surface area (Å²) in [6.45, 7) is 2.16. The van der Waals surface area contributed by atoms with E-state index in [2.05, 4.69) is 78.0 Å². The Labute approximate surface area is 122 Å². The Morgan fingerprint density at radius 1 is 0.900 bits per heavy atom. The molecule has 0 amide bonds. The fourth-order valence-electron chi connectivity index (χ4n) is 2.23. The molecule has 1 N–H and O–H groups in total. The van der Waals surface area contributed by atoms with Crippen LogP contribution in [0.15, 0.2) is 66.0 Å². The number of aryl methyl sites for hydroxylation is 1. The standard InChI is InChI=1S/C10H11N.C8H6S/c1-2-9-7-8-5-3-4-6-10(8)11-9;1-2-4-8-7(3-1)5-6-9-8/h3-7,11H,2H2,1H3;1-6H. The van der Waals surface area contributed by atoms with Gasteiger partial charge in [0.1, 0.15) is 0 Å². The van der Waals surface area contributed by atoms with Crippen LogP contribution < -0.4 is 0 Å². The monoisotopic (exact) mass is 279 g/mol. The molecule has 2 aromatic heterocycles. The molecule has 0 aliphatic heterocycles. The van der Waals surface area contributed by atoms with E-state index in [4.69, 9.17) is 0 Å². The van der Waals surface area contributed by atoms with Crippen LogP contribution in [0.4, 0.5) is 0 Å². The molecule has 4 rings (SSSR count). The van der Waals surface area contributed by atoms with Gasteiger partial charge in [0.2, 0.25) is 0 Å². The van der Waals surface area contributed by atoms with Crippen molar-refractivity contribution in [3.63, 3.8) is 0 Å². The highest BCUT2D eigenvalue weighted by Gasteiger charge is 1.95. The average molecular weight is 279 g/mol. The second-order valence-electron chi connectivity index (χ2n) is 4.69. The van der Waals surface area contributed by atoms with Crippen molar-refractivity contribution >= 4 is 32.3 Å². The zero-order valence-electron chi connectivity index (χ0n) is 11.5. The molecule has 100 valence electrons. The Kier molecular flexibility index (Phi) is 3.84. The Morgan fingerprint density at radius 2 is 1.65 bits per heavy atom. The number of H-pyrrole nitrogens is 1. The molecule has 0 saturated heterocycles. The van der Waals surface area contributed by atoms with Crippen molar-refractivity contribution in [3.8, 4) is 0 Å². The summed E-state index contributed by atoms with van der Waals surface area (Å²) in [6, 6.07) is 21.1. The van der Waals surface area contributed by atoms with Crippen molar-refractivity contribution in [2.45, 2.75) is 13.3 Å². The first-order valence-electron chi connectivity index (χ1n) is 6.85. The summed E-state index contributed by atoms with van der Waals surface area (Å²) in [5.74, 6) is 0. The summed E-state index contributed by atoms with van der Waals surface area (Å²) in [7, 11) is 0. The highest BCUT2D eigenvalue weighted by atomic mass is 32.1. The van der Waals surface area contributed by atoms with Crippen LogP contribution in [-0.4, -0.2) is 4.98 Å². The lowest BCUT2D eigenvalue weighted by molar-refractivity contribution is 1.07. The molecule has 0 spiro atoms. The van der Waals surface area contributed by atoms with E-state index < -0.39 is 0 Å². The molecule has 1 nitrogen and oxygen atoms in total. The van der Waals surface area contributed by atoms with Gasteiger partial charge in [-0.3, -0.25) is 0 Å². The van der Waals surface area contributed by atoms with Crippen LogP contribution in [0.25, 0.3) is 21.0 Å². The normalized spacial score (nSPS) is 10.4. The molecular formula is C18H17NS. The zero-order valence-corrected chi connectivity index (χ0v) is 12.3. The molecule has 0 radical (unpaired) electrons. The summed E-state index contributed by atoms with van der Waals surface area (Å²) in [5, 5.41) is 4.77. The van der Waals surface area contributed by atoms with Crippen LogP contribution in [0.2, 0.25) is 0 Å². The van der Waals surface area contributed by atoms with Gasteiger partial charge in [-0.15, -0.1) is 11.3 Å². The molecule has 0 aliphatic carbocycles. The molecular weight excluding hydrogens is 262 g/mol. The van der Waals surface area contributed by atoms with E-state index in [1.165, 1.54) is 26.7 Å². The number of rotatable bonds is 1. The lowest BCUT2D eigenvalue weighted by atomic mass is 10.2. The maximum atomic E-state index is 3.35. The molecule has 0 unspecified atom stereocenters. The highest BCUT2D eigenvalue weighted by Crippen LogP contribution is 2.18. The molecule has 0 fully saturated rings. The molecule has 0 bridgehead atoms. The number of fused-ring (bicyclic) bond motifs is 2. The third-order valence-corrected chi connectivity index (χ3v) is 4.23. The predicted molar refractivity (Wildman–Crippen MR) is 89.5 cm³/mol. The van der Waals surface area contributed by atoms with Crippen molar-refractivity contribution in [1.82, 2.24) is 4.98 Å². The number of hydrogen-bond acceptors (Lipinski definition) is 1. The van der Waals surface area contributed by atoms with Crippen molar-refractivity contribution in [3.05, 3.63) is 71.7 Å². The van der Waals surface area contributed by atoms with Crippen LogP contribution in [0.5, 0.6) is 0 Å². The van der Waals surface area contributed by atoms with Gasteiger partial charge in [0.25, 0.3) is 0 Å². The Bertz CT molecular complexity index is 747. The van der Waals surface area contributed by atoms with Gasteiger partial charge in [0.05, 0.1) is 0 Å². The molecule has 0 atom stereocenters. The maximum absolute atomic E-state index is 3.35. The predicted octanol–water partition coefficient (Wildman–Crippen LogP) is 5.63. The molecule has 0 aliphatic rings. The minimum Gasteiger partial charge on any atom is -0.358 e. The van der Waals surface area contributed by atoms with Crippen LogP contribution in [0.3, 0.4) is 0 Å². The first-order valence-corrected chi connectivity index (χ1v) is 7.73.